The molecule has 3 nitrogen and oxygen atoms in total. The Morgan fingerprint density at radius 1 is 1.37 bits per heavy atom. The fraction of sp³-hybridized carbons (Fsp3) is 0.625. The molecule has 1 fully saturated rings. The van der Waals surface area contributed by atoms with Crippen LogP contribution in [0.1, 0.15) is 26.7 Å². The average molecular weight is 262 g/mol. The molecule has 1 aliphatic rings. The van der Waals surface area contributed by atoms with Gasteiger partial charge in [-0.2, -0.15) is 0 Å². The first-order chi connectivity index (χ1) is 9.31. The highest BCUT2D eigenvalue weighted by atomic mass is 16.5. The second-order valence-corrected chi connectivity index (χ2v) is 5.21. The standard InChI is InChI=1S/C16H26N2O/c1-3-18(15-8-5-4-6-9-15)12-11-17-14(2)16-10-7-13-19-16/h4-6,8-9,14,16-17H,3,7,10-13H2,1-2H3. The lowest BCUT2D eigenvalue weighted by molar-refractivity contribution is 0.0841. The number of hydrogen-bond donors (Lipinski definition) is 1. The smallest absolute Gasteiger partial charge is 0.0726 e. The van der Waals surface area contributed by atoms with E-state index in [0.29, 0.717) is 12.1 Å². The Kier molecular flexibility index (Phi) is 5.67. The lowest BCUT2D eigenvalue weighted by atomic mass is 10.1. The normalized spacial score (nSPS) is 20.4. The maximum atomic E-state index is 5.71. The van der Waals surface area contributed by atoms with Gasteiger partial charge in [0.1, 0.15) is 0 Å². The lowest BCUT2D eigenvalue weighted by Gasteiger charge is -2.26. The zero-order valence-corrected chi connectivity index (χ0v) is 12.1. The van der Waals surface area contributed by atoms with Crippen molar-refractivity contribution in [1.29, 1.82) is 0 Å². The van der Waals surface area contributed by atoms with Crippen molar-refractivity contribution in [3.05, 3.63) is 30.3 Å². The third kappa shape index (κ3) is 4.22. The van der Waals surface area contributed by atoms with Gasteiger partial charge in [0.2, 0.25) is 0 Å². The molecule has 3 heteroatoms. The van der Waals surface area contributed by atoms with Gasteiger partial charge in [0.25, 0.3) is 0 Å². The molecule has 1 aromatic rings. The van der Waals surface area contributed by atoms with E-state index < -0.39 is 0 Å². The fourth-order valence-electron chi connectivity index (χ4n) is 2.66. The molecule has 19 heavy (non-hydrogen) atoms. The van der Waals surface area contributed by atoms with Crippen LogP contribution in [-0.4, -0.2) is 38.4 Å². The first-order valence-corrected chi connectivity index (χ1v) is 7.46. The molecule has 1 aliphatic heterocycles. The summed E-state index contributed by atoms with van der Waals surface area (Å²) >= 11 is 0. The molecule has 106 valence electrons. The van der Waals surface area contributed by atoms with Crippen molar-refractivity contribution in [3.63, 3.8) is 0 Å². The van der Waals surface area contributed by atoms with Gasteiger partial charge < -0.3 is 15.0 Å². The molecular formula is C16H26N2O. The van der Waals surface area contributed by atoms with Crippen LogP contribution in [0.4, 0.5) is 5.69 Å². The van der Waals surface area contributed by atoms with Gasteiger partial charge in [-0.05, 0) is 38.8 Å². The van der Waals surface area contributed by atoms with Crippen molar-refractivity contribution in [2.45, 2.75) is 38.8 Å². The van der Waals surface area contributed by atoms with Crippen molar-refractivity contribution >= 4 is 5.69 Å². The number of hydrogen-bond acceptors (Lipinski definition) is 3. The van der Waals surface area contributed by atoms with Gasteiger partial charge in [-0.1, -0.05) is 18.2 Å². The van der Waals surface area contributed by atoms with E-state index in [1.54, 1.807) is 0 Å². The molecule has 0 saturated carbocycles. The molecule has 2 unspecified atom stereocenters. The molecule has 0 bridgehead atoms. The summed E-state index contributed by atoms with van der Waals surface area (Å²) in [5.74, 6) is 0. The number of para-hydroxylation sites is 1. The molecule has 0 aromatic heterocycles. The molecule has 1 aromatic carbocycles. The zero-order valence-electron chi connectivity index (χ0n) is 12.1. The van der Waals surface area contributed by atoms with Gasteiger partial charge in [-0.25, -0.2) is 0 Å². The Morgan fingerprint density at radius 3 is 2.79 bits per heavy atom. The van der Waals surface area contributed by atoms with Crippen molar-refractivity contribution in [2.75, 3.05) is 31.1 Å². The van der Waals surface area contributed by atoms with E-state index in [9.17, 15) is 0 Å². The van der Waals surface area contributed by atoms with E-state index in [1.807, 2.05) is 0 Å². The third-order valence-electron chi connectivity index (χ3n) is 3.87. The molecule has 0 amide bonds. The average Bonchev–Trinajstić information content (AvgIpc) is 2.98. The number of ether oxygens (including phenoxy) is 1. The number of likely N-dealkylation sites (N-methyl/N-ethyl adjacent to an activating group) is 1. The molecule has 0 spiro atoms. The molecule has 0 radical (unpaired) electrons. The molecule has 2 rings (SSSR count). The summed E-state index contributed by atoms with van der Waals surface area (Å²) < 4.78 is 5.71. The van der Waals surface area contributed by atoms with Gasteiger partial charge in [0.05, 0.1) is 6.10 Å². The lowest BCUT2D eigenvalue weighted by Crippen LogP contribution is -2.41. The predicted molar refractivity (Wildman–Crippen MR) is 80.8 cm³/mol. The van der Waals surface area contributed by atoms with Crippen molar-refractivity contribution in [1.82, 2.24) is 5.32 Å². The molecule has 1 saturated heterocycles. The Bertz CT molecular complexity index is 349. The summed E-state index contributed by atoms with van der Waals surface area (Å²) in [6.45, 7) is 8.45. The summed E-state index contributed by atoms with van der Waals surface area (Å²) in [5.41, 5.74) is 1.30. The van der Waals surface area contributed by atoms with Crippen LogP contribution in [0.3, 0.4) is 0 Å². The maximum Gasteiger partial charge on any atom is 0.0726 e. The van der Waals surface area contributed by atoms with Crippen molar-refractivity contribution < 1.29 is 4.74 Å². The first kappa shape index (κ1) is 14.4. The van der Waals surface area contributed by atoms with Crippen LogP contribution >= 0.6 is 0 Å². The summed E-state index contributed by atoms with van der Waals surface area (Å²) in [4.78, 5) is 2.40. The number of rotatable bonds is 7. The van der Waals surface area contributed by atoms with Crippen LogP contribution in [0, 0.1) is 0 Å². The van der Waals surface area contributed by atoms with E-state index in [2.05, 4.69) is 54.4 Å². The Morgan fingerprint density at radius 2 is 2.16 bits per heavy atom. The molecule has 1 heterocycles. The van der Waals surface area contributed by atoms with Gasteiger partial charge in [0.15, 0.2) is 0 Å². The van der Waals surface area contributed by atoms with Gasteiger partial charge in [-0.15, -0.1) is 0 Å². The monoisotopic (exact) mass is 262 g/mol. The molecule has 0 aliphatic carbocycles. The summed E-state index contributed by atoms with van der Waals surface area (Å²) in [6.07, 6.45) is 2.82. The summed E-state index contributed by atoms with van der Waals surface area (Å²) in [5, 5.41) is 3.59. The number of nitrogens with one attached hydrogen (secondary N) is 1. The van der Waals surface area contributed by atoms with Gasteiger partial charge in [-0.3, -0.25) is 0 Å². The van der Waals surface area contributed by atoms with Crippen molar-refractivity contribution in [3.8, 4) is 0 Å². The Hall–Kier alpha value is -1.06. The van der Waals surface area contributed by atoms with E-state index in [0.717, 1.165) is 26.2 Å². The Labute approximate surface area is 116 Å². The van der Waals surface area contributed by atoms with E-state index in [4.69, 9.17) is 4.74 Å². The van der Waals surface area contributed by atoms with Crippen molar-refractivity contribution in [2.24, 2.45) is 0 Å². The van der Waals surface area contributed by atoms with E-state index >= 15 is 0 Å². The van der Waals surface area contributed by atoms with Crippen LogP contribution in [0.25, 0.3) is 0 Å². The number of benzene rings is 1. The second kappa shape index (κ2) is 7.51. The van der Waals surface area contributed by atoms with Gasteiger partial charge >= 0.3 is 0 Å². The van der Waals surface area contributed by atoms with Crippen LogP contribution in [0.15, 0.2) is 30.3 Å². The maximum absolute atomic E-state index is 5.71. The minimum Gasteiger partial charge on any atom is -0.377 e. The zero-order chi connectivity index (χ0) is 13.5. The minimum absolute atomic E-state index is 0.409. The highest BCUT2D eigenvalue weighted by Crippen LogP contribution is 2.15. The first-order valence-electron chi connectivity index (χ1n) is 7.46. The largest absolute Gasteiger partial charge is 0.377 e. The predicted octanol–water partition coefficient (Wildman–Crippen LogP) is 2.67. The molecule has 2 atom stereocenters. The highest BCUT2D eigenvalue weighted by molar-refractivity contribution is 5.45. The van der Waals surface area contributed by atoms with E-state index in [-0.39, 0.29) is 0 Å². The van der Waals surface area contributed by atoms with Crippen LogP contribution < -0.4 is 10.2 Å². The molecular weight excluding hydrogens is 236 g/mol. The minimum atomic E-state index is 0.409. The number of anilines is 1. The highest BCUT2D eigenvalue weighted by Gasteiger charge is 2.21. The van der Waals surface area contributed by atoms with E-state index in [1.165, 1.54) is 18.5 Å². The molecule has 1 N–H and O–H groups in total. The second-order valence-electron chi connectivity index (χ2n) is 5.21. The fourth-order valence-corrected chi connectivity index (χ4v) is 2.66. The van der Waals surface area contributed by atoms with Gasteiger partial charge in [0, 0.05) is 38.0 Å². The van der Waals surface area contributed by atoms with Crippen LogP contribution in [0.5, 0.6) is 0 Å². The summed E-state index contributed by atoms with van der Waals surface area (Å²) in [7, 11) is 0. The Balaban J connectivity index is 1.74. The quantitative estimate of drug-likeness (QED) is 0.817. The third-order valence-corrected chi connectivity index (χ3v) is 3.87. The summed E-state index contributed by atoms with van der Waals surface area (Å²) in [6, 6.07) is 11.1. The van der Waals surface area contributed by atoms with Crippen LogP contribution in [-0.2, 0) is 4.74 Å². The van der Waals surface area contributed by atoms with Crippen LogP contribution in [0.2, 0.25) is 0 Å². The number of nitrogens with zero attached hydrogens (tertiary/aromatic N) is 1. The topological polar surface area (TPSA) is 24.5 Å². The SMILES string of the molecule is CCN(CCNC(C)C1CCCO1)c1ccccc1.